The Kier molecular flexibility index (Phi) is 4.48. The maximum Gasteiger partial charge on any atom is 0.274 e. The molecular weight excluding hydrogens is 288 g/mol. The summed E-state index contributed by atoms with van der Waals surface area (Å²) >= 11 is 0. The van der Waals surface area contributed by atoms with Gasteiger partial charge in [-0.3, -0.25) is 4.79 Å². The van der Waals surface area contributed by atoms with Crippen LogP contribution >= 0.6 is 0 Å². The molecule has 1 aliphatic rings. The third-order valence-electron chi connectivity index (χ3n) is 4.52. The number of hydrogen-bond donors (Lipinski definition) is 1. The molecule has 1 aromatic heterocycles. The predicted octanol–water partition coefficient (Wildman–Crippen LogP) is 2.52. The summed E-state index contributed by atoms with van der Waals surface area (Å²) in [4.78, 5) is 14.8. The molecule has 2 unspecified atom stereocenters. The number of amides is 1. The fraction of sp³-hybridized carbons (Fsp3) is 0.444. The van der Waals surface area contributed by atoms with E-state index < -0.39 is 0 Å². The number of carbonyl (C=O) groups is 1. The first kappa shape index (κ1) is 15.7. The third kappa shape index (κ3) is 3.15. The molecule has 2 atom stereocenters. The molecule has 5 heteroatoms. The highest BCUT2D eigenvalue weighted by atomic mass is 16.2. The number of carbonyl (C=O) groups excluding carboxylic acids is 1. The number of hydrogen-bond acceptors (Lipinski definition) is 3. The van der Waals surface area contributed by atoms with Crippen LogP contribution in [0.3, 0.4) is 0 Å². The van der Waals surface area contributed by atoms with Crippen molar-refractivity contribution in [2.45, 2.75) is 45.2 Å². The molecule has 5 nitrogen and oxygen atoms in total. The van der Waals surface area contributed by atoms with Crippen LogP contribution in [0.4, 0.5) is 0 Å². The molecule has 0 bridgehead atoms. The molecule has 3 rings (SSSR count). The second-order valence-corrected chi connectivity index (χ2v) is 6.34. The van der Waals surface area contributed by atoms with Gasteiger partial charge in [-0.15, -0.1) is 0 Å². The average Bonchev–Trinajstić information content (AvgIpc) is 2.97. The number of nitrogens with two attached hydrogens (primary N) is 1. The zero-order valence-corrected chi connectivity index (χ0v) is 13.8. The number of aryl methyl sites for hydroxylation is 1. The van der Waals surface area contributed by atoms with Gasteiger partial charge in [0.15, 0.2) is 5.69 Å². The van der Waals surface area contributed by atoms with E-state index in [-0.39, 0.29) is 18.0 Å². The number of piperidine rings is 1. The van der Waals surface area contributed by atoms with E-state index in [1.165, 1.54) is 0 Å². The Morgan fingerprint density at radius 3 is 2.74 bits per heavy atom. The average molecular weight is 312 g/mol. The van der Waals surface area contributed by atoms with Crippen LogP contribution < -0.4 is 5.73 Å². The molecule has 23 heavy (non-hydrogen) atoms. The van der Waals surface area contributed by atoms with E-state index in [0.717, 1.165) is 37.2 Å². The summed E-state index contributed by atoms with van der Waals surface area (Å²) in [5.74, 6) is -0.00946. The fourth-order valence-electron chi connectivity index (χ4n) is 3.31. The first-order chi connectivity index (χ1) is 11.1. The van der Waals surface area contributed by atoms with E-state index in [4.69, 9.17) is 5.73 Å². The minimum atomic E-state index is -0.0171. The Hall–Kier alpha value is -2.14. The predicted molar refractivity (Wildman–Crippen MR) is 90.6 cm³/mol. The molecule has 0 radical (unpaired) electrons. The number of aromatic nitrogens is 2. The molecule has 2 N–H and O–H groups in total. The molecule has 122 valence electrons. The van der Waals surface area contributed by atoms with Crippen LogP contribution in [-0.2, 0) is 0 Å². The van der Waals surface area contributed by atoms with E-state index in [1.54, 1.807) is 0 Å². The number of para-hydroxylation sites is 1. The van der Waals surface area contributed by atoms with Crippen LogP contribution in [0.5, 0.6) is 0 Å². The molecular formula is C18H24N4O. The topological polar surface area (TPSA) is 64.2 Å². The summed E-state index contributed by atoms with van der Waals surface area (Å²) < 4.78 is 1.82. The molecule has 0 aliphatic carbocycles. The fourth-order valence-corrected chi connectivity index (χ4v) is 3.31. The van der Waals surface area contributed by atoms with Crippen molar-refractivity contribution in [3.63, 3.8) is 0 Å². The molecule has 1 saturated heterocycles. The standard InChI is InChI=1S/C18H24N4O/c1-13-12-16(20-22(13)15-8-4-3-5-9-15)18(23)21-11-7-6-10-17(21)14(2)19/h3-5,8-9,12,14,17H,6-7,10-11,19H2,1-2H3. The van der Waals surface area contributed by atoms with E-state index in [9.17, 15) is 4.79 Å². The minimum Gasteiger partial charge on any atom is -0.333 e. The minimum absolute atomic E-state index is 0.00946. The summed E-state index contributed by atoms with van der Waals surface area (Å²) in [7, 11) is 0. The zero-order chi connectivity index (χ0) is 16.4. The van der Waals surface area contributed by atoms with Gasteiger partial charge in [0.1, 0.15) is 0 Å². The second-order valence-electron chi connectivity index (χ2n) is 6.34. The molecule has 1 aliphatic heterocycles. The van der Waals surface area contributed by atoms with Gasteiger partial charge in [-0.1, -0.05) is 18.2 Å². The largest absolute Gasteiger partial charge is 0.333 e. The van der Waals surface area contributed by atoms with Crippen molar-refractivity contribution in [3.05, 3.63) is 47.8 Å². The molecule has 1 amide bonds. The first-order valence-electron chi connectivity index (χ1n) is 8.26. The normalized spacial score (nSPS) is 19.6. The smallest absolute Gasteiger partial charge is 0.274 e. The Labute approximate surface area is 137 Å². The van der Waals surface area contributed by atoms with Crippen molar-refractivity contribution in [3.8, 4) is 5.69 Å². The Balaban J connectivity index is 1.88. The van der Waals surface area contributed by atoms with Crippen LogP contribution in [0.25, 0.3) is 5.69 Å². The van der Waals surface area contributed by atoms with Crippen molar-refractivity contribution >= 4 is 5.91 Å². The lowest BCUT2D eigenvalue weighted by Crippen LogP contribution is -2.51. The Bertz CT molecular complexity index is 678. The highest BCUT2D eigenvalue weighted by Gasteiger charge is 2.31. The maximum atomic E-state index is 12.9. The van der Waals surface area contributed by atoms with Gasteiger partial charge in [0.05, 0.1) is 5.69 Å². The van der Waals surface area contributed by atoms with Crippen molar-refractivity contribution in [2.24, 2.45) is 5.73 Å². The molecule has 2 heterocycles. The van der Waals surface area contributed by atoms with Gasteiger partial charge in [0.2, 0.25) is 0 Å². The van der Waals surface area contributed by atoms with Gasteiger partial charge in [0, 0.05) is 24.3 Å². The second kappa shape index (κ2) is 6.54. The third-order valence-corrected chi connectivity index (χ3v) is 4.52. The molecule has 1 aromatic carbocycles. The van der Waals surface area contributed by atoms with Gasteiger partial charge in [0.25, 0.3) is 5.91 Å². The quantitative estimate of drug-likeness (QED) is 0.947. The summed E-state index contributed by atoms with van der Waals surface area (Å²) in [6.45, 7) is 4.71. The van der Waals surface area contributed by atoms with E-state index in [0.29, 0.717) is 5.69 Å². The summed E-state index contributed by atoms with van der Waals surface area (Å²) in [5, 5.41) is 4.53. The van der Waals surface area contributed by atoms with Crippen LogP contribution in [0, 0.1) is 6.92 Å². The van der Waals surface area contributed by atoms with E-state index in [1.807, 2.05) is 59.8 Å². The van der Waals surface area contributed by atoms with Crippen LogP contribution in [0.1, 0.15) is 42.4 Å². The SMILES string of the molecule is Cc1cc(C(=O)N2CCCCC2C(C)N)nn1-c1ccccc1. The molecule has 1 fully saturated rings. The van der Waals surface area contributed by atoms with Crippen molar-refractivity contribution in [1.82, 2.24) is 14.7 Å². The Morgan fingerprint density at radius 1 is 1.30 bits per heavy atom. The van der Waals surface area contributed by atoms with E-state index >= 15 is 0 Å². The maximum absolute atomic E-state index is 12.9. The van der Waals surface area contributed by atoms with Gasteiger partial charge in [-0.25, -0.2) is 4.68 Å². The van der Waals surface area contributed by atoms with Crippen molar-refractivity contribution in [1.29, 1.82) is 0 Å². The highest BCUT2D eigenvalue weighted by Crippen LogP contribution is 2.22. The summed E-state index contributed by atoms with van der Waals surface area (Å²) in [6, 6.07) is 11.8. The van der Waals surface area contributed by atoms with Crippen molar-refractivity contribution in [2.75, 3.05) is 6.54 Å². The van der Waals surface area contributed by atoms with Gasteiger partial charge >= 0.3 is 0 Å². The van der Waals surface area contributed by atoms with Gasteiger partial charge < -0.3 is 10.6 Å². The molecule has 0 saturated carbocycles. The first-order valence-corrected chi connectivity index (χ1v) is 8.26. The zero-order valence-electron chi connectivity index (χ0n) is 13.8. The number of likely N-dealkylation sites (tertiary alicyclic amines) is 1. The molecule has 0 spiro atoms. The molecule has 2 aromatic rings. The number of benzene rings is 1. The summed E-state index contributed by atoms with van der Waals surface area (Å²) in [6.07, 6.45) is 3.14. The number of rotatable bonds is 3. The monoisotopic (exact) mass is 312 g/mol. The van der Waals surface area contributed by atoms with E-state index in [2.05, 4.69) is 5.10 Å². The van der Waals surface area contributed by atoms with Crippen LogP contribution in [0.2, 0.25) is 0 Å². The lowest BCUT2D eigenvalue weighted by Gasteiger charge is -2.37. The highest BCUT2D eigenvalue weighted by molar-refractivity contribution is 5.92. The lowest BCUT2D eigenvalue weighted by molar-refractivity contribution is 0.0577. The Morgan fingerprint density at radius 2 is 2.04 bits per heavy atom. The van der Waals surface area contributed by atoms with Gasteiger partial charge in [-0.05, 0) is 51.3 Å². The van der Waals surface area contributed by atoms with Gasteiger partial charge in [-0.2, -0.15) is 5.10 Å². The van der Waals surface area contributed by atoms with Crippen LogP contribution in [0.15, 0.2) is 36.4 Å². The van der Waals surface area contributed by atoms with Crippen molar-refractivity contribution < 1.29 is 4.79 Å². The summed E-state index contributed by atoms with van der Waals surface area (Å²) in [5.41, 5.74) is 8.50. The number of nitrogens with zero attached hydrogens (tertiary/aromatic N) is 3. The lowest BCUT2D eigenvalue weighted by atomic mass is 9.96. The van der Waals surface area contributed by atoms with Crippen LogP contribution in [-0.4, -0.2) is 39.2 Å².